The Bertz CT molecular complexity index is 586. The number of piperidine rings is 1. The molecule has 0 aromatic carbocycles. The fraction of sp³-hybridized carbons (Fsp3) is 0.500. The Hall–Kier alpha value is -0.850. The van der Waals surface area contributed by atoms with Crippen LogP contribution in [0.4, 0.5) is 0 Å². The van der Waals surface area contributed by atoms with Gasteiger partial charge in [0.15, 0.2) is 5.16 Å². The van der Waals surface area contributed by atoms with E-state index in [1.807, 2.05) is 11.4 Å². The standard InChI is InChI=1S/C12H15N3OS2/c16-10-9-3-6-17-11(9)15-12(14-10)18-7-8-1-4-13-5-2-8/h3,6,8,13H,1-2,4-5,7H2,(H,14,15,16). The smallest absolute Gasteiger partial charge is 0.260 e. The van der Waals surface area contributed by atoms with Crippen molar-refractivity contribution < 1.29 is 0 Å². The van der Waals surface area contributed by atoms with Crippen molar-refractivity contribution in [2.24, 2.45) is 5.92 Å². The molecule has 6 heteroatoms. The minimum absolute atomic E-state index is 0.0194. The first-order valence-corrected chi connectivity index (χ1v) is 8.00. The molecule has 2 aromatic rings. The summed E-state index contributed by atoms with van der Waals surface area (Å²) in [7, 11) is 0. The van der Waals surface area contributed by atoms with Crippen LogP contribution >= 0.6 is 23.1 Å². The van der Waals surface area contributed by atoms with Crippen LogP contribution in [-0.2, 0) is 0 Å². The highest BCUT2D eigenvalue weighted by Gasteiger charge is 2.14. The molecule has 96 valence electrons. The summed E-state index contributed by atoms with van der Waals surface area (Å²) < 4.78 is 0. The van der Waals surface area contributed by atoms with E-state index in [9.17, 15) is 4.79 Å². The van der Waals surface area contributed by atoms with Gasteiger partial charge in [0.05, 0.1) is 5.39 Å². The SMILES string of the molecule is O=c1[nH]c(SCC2CCNCC2)nc2sccc12. The second-order valence-corrected chi connectivity index (χ2v) is 6.42. The molecule has 0 spiro atoms. The van der Waals surface area contributed by atoms with E-state index < -0.39 is 0 Å². The van der Waals surface area contributed by atoms with Gasteiger partial charge in [0.2, 0.25) is 0 Å². The largest absolute Gasteiger partial charge is 0.317 e. The number of thiophene rings is 1. The molecule has 0 bridgehead atoms. The number of aromatic amines is 1. The van der Waals surface area contributed by atoms with Crippen LogP contribution in [-0.4, -0.2) is 28.8 Å². The van der Waals surface area contributed by atoms with Gasteiger partial charge in [-0.3, -0.25) is 4.79 Å². The molecule has 0 aliphatic carbocycles. The molecule has 0 unspecified atom stereocenters. The summed E-state index contributed by atoms with van der Waals surface area (Å²) in [6, 6.07) is 1.83. The molecule has 0 atom stereocenters. The van der Waals surface area contributed by atoms with E-state index in [1.165, 1.54) is 24.2 Å². The molecule has 0 saturated carbocycles. The van der Waals surface area contributed by atoms with Crippen LogP contribution in [0.15, 0.2) is 21.4 Å². The maximum Gasteiger partial charge on any atom is 0.260 e. The summed E-state index contributed by atoms with van der Waals surface area (Å²) in [5, 5.41) is 6.73. The van der Waals surface area contributed by atoms with Crippen LogP contribution in [0.5, 0.6) is 0 Å². The molecular weight excluding hydrogens is 266 g/mol. The van der Waals surface area contributed by atoms with E-state index in [1.54, 1.807) is 11.8 Å². The number of hydrogen-bond donors (Lipinski definition) is 2. The second-order valence-electron chi connectivity index (χ2n) is 4.51. The average molecular weight is 281 g/mol. The van der Waals surface area contributed by atoms with Gasteiger partial charge in [0.1, 0.15) is 4.83 Å². The van der Waals surface area contributed by atoms with Gasteiger partial charge in [-0.05, 0) is 43.3 Å². The Morgan fingerprint density at radius 2 is 2.28 bits per heavy atom. The third-order valence-corrected chi connectivity index (χ3v) is 5.14. The lowest BCUT2D eigenvalue weighted by atomic mass is 10.0. The highest BCUT2D eigenvalue weighted by molar-refractivity contribution is 7.99. The Labute approximate surface area is 113 Å². The van der Waals surface area contributed by atoms with Gasteiger partial charge in [0.25, 0.3) is 5.56 Å². The maximum atomic E-state index is 11.8. The summed E-state index contributed by atoms with van der Waals surface area (Å²) >= 11 is 3.19. The first-order valence-electron chi connectivity index (χ1n) is 6.14. The molecule has 1 aliphatic rings. The van der Waals surface area contributed by atoms with Crippen LogP contribution in [0.2, 0.25) is 0 Å². The highest BCUT2D eigenvalue weighted by Crippen LogP contribution is 2.23. The topological polar surface area (TPSA) is 57.8 Å². The Morgan fingerprint density at radius 1 is 1.44 bits per heavy atom. The summed E-state index contributed by atoms with van der Waals surface area (Å²) in [5.41, 5.74) is -0.0194. The predicted octanol–water partition coefficient (Wildman–Crippen LogP) is 2.08. The second kappa shape index (κ2) is 5.42. The fourth-order valence-electron chi connectivity index (χ4n) is 2.16. The normalized spacial score (nSPS) is 17.3. The van der Waals surface area contributed by atoms with Gasteiger partial charge in [0, 0.05) is 5.75 Å². The monoisotopic (exact) mass is 281 g/mol. The van der Waals surface area contributed by atoms with Crippen LogP contribution in [0.3, 0.4) is 0 Å². The number of nitrogens with one attached hydrogen (secondary N) is 2. The fourth-order valence-corrected chi connectivity index (χ4v) is 4.03. The quantitative estimate of drug-likeness (QED) is 0.668. The summed E-state index contributed by atoms with van der Waals surface area (Å²) in [6.45, 7) is 2.22. The van der Waals surface area contributed by atoms with Crippen molar-refractivity contribution in [1.29, 1.82) is 0 Å². The molecule has 3 heterocycles. The first kappa shape index (κ1) is 12.2. The number of aromatic nitrogens is 2. The number of fused-ring (bicyclic) bond motifs is 1. The summed E-state index contributed by atoms with van der Waals surface area (Å²) in [5.74, 6) is 1.78. The van der Waals surface area contributed by atoms with Gasteiger partial charge in [-0.1, -0.05) is 11.8 Å². The van der Waals surface area contributed by atoms with E-state index in [4.69, 9.17) is 0 Å². The average Bonchev–Trinajstić information content (AvgIpc) is 2.86. The third-order valence-electron chi connectivity index (χ3n) is 3.23. The number of rotatable bonds is 3. The number of H-pyrrole nitrogens is 1. The molecular formula is C12H15N3OS2. The molecule has 18 heavy (non-hydrogen) atoms. The molecule has 0 amide bonds. The van der Waals surface area contributed by atoms with Gasteiger partial charge in [-0.15, -0.1) is 11.3 Å². The van der Waals surface area contributed by atoms with Gasteiger partial charge >= 0.3 is 0 Å². The number of nitrogens with zero attached hydrogens (tertiary/aromatic N) is 1. The number of hydrogen-bond acceptors (Lipinski definition) is 5. The van der Waals surface area contributed by atoms with E-state index in [2.05, 4.69) is 15.3 Å². The van der Waals surface area contributed by atoms with E-state index in [0.29, 0.717) is 5.39 Å². The Kier molecular flexibility index (Phi) is 3.67. The number of thioether (sulfide) groups is 1. The van der Waals surface area contributed by atoms with Crippen molar-refractivity contribution in [3.8, 4) is 0 Å². The van der Waals surface area contributed by atoms with Crippen molar-refractivity contribution in [3.63, 3.8) is 0 Å². The molecule has 0 radical (unpaired) electrons. The zero-order valence-electron chi connectivity index (χ0n) is 9.94. The summed E-state index contributed by atoms with van der Waals surface area (Å²) in [4.78, 5) is 20.0. The molecule has 2 aromatic heterocycles. The molecule has 2 N–H and O–H groups in total. The van der Waals surface area contributed by atoms with Crippen molar-refractivity contribution in [3.05, 3.63) is 21.8 Å². The molecule has 1 aliphatic heterocycles. The van der Waals surface area contributed by atoms with Crippen molar-refractivity contribution >= 4 is 33.3 Å². The lowest BCUT2D eigenvalue weighted by Crippen LogP contribution is -2.28. The van der Waals surface area contributed by atoms with Crippen molar-refractivity contribution in [2.75, 3.05) is 18.8 Å². The highest BCUT2D eigenvalue weighted by atomic mass is 32.2. The van der Waals surface area contributed by atoms with Gasteiger partial charge < -0.3 is 10.3 Å². The minimum atomic E-state index is -0.0194. The van der Waals surface area contributed by atoms with Crippen molar-refractivity contribution in [1.82, 2.24) is 15.3 Å². The summed E-state index contributed by atoms with van der Waals surface area (Å²) in [6.07, 6.45) is 2.44. The van der Waals surface area contributed by atoms with E-state index >= 15 is 0 Å². The molecule has 1 saturated heterocycles. The van der Waals surface area contributed by atoms with E-state index in [-0.39, 0.29) is 5.56 Å². The third kappa shape index (κ3) is 2.60. The lowest BCUT2D eigenvalue weighted by Gasteiger charge is -2.21. The van der Waals surface area contributed by atoms with Crippen LogP contribution < -0.4 is 10.9 Å². The predicted molar refractivity (Wildman–Crippen MR) is 76.6 cm³/mol. The Balaban J connectivity index is 1.72. The molecule has 3 rings (SSSR count). The van der Waals surface area contributed by atoms with Crippen LogP contribution in [0.1, 0.15) is 12.8 Å². The minimum Gasteiger partial charge on any atom is -0.317 e. The zero-order chi connectivity index (χ0) is 12.4. The molecule has 1 fully saturated rings. The maximum absolute atomic E-state index is 11.8. The first-order chi connectivity index (χ1) is 8.83. The zero-order valence-corrected chi connectivity index (χ0v) is 11.6. The van der Waals surface area contributed by atoms with Gasteiger partial charge in [-0.2, -0.15) is 0 Å². The van der Waals surface area contributed by atoms with Gasteiger partial charge in [-0.25, -0.2) is 4.98 Å². The van der Waals surface area contributed by atoms with Crippen LogP contribution in [0.25, 0.3) is 10.2 Å². The Morgan fingerprint density at radius 3 is 3.11 bits per heavy atom. The molecule has 4 nitrogen and oxygen atoms in total. The van der Waals surface area contributed by atoms with E-state index in [0.717, 1.165) is 34.7 Å². The van der Waals surface area contributed by atoms with Crippen molar-refractivity contribution in [2.45, 2.75) is 18.0 Å². The van der Waals surface area contributed by atoms with Crippen LogP contribution in [0, 0.1) is 5.92 Å². The lowest BCUT2D eigenvalue weighted by molar-refractivity contribution is 0.407.